The predicted molar refractivity (Wildman–Crippen MR) is 94.7 cm³/mol. The first-order valence-corrected chi connectivity index (χ1v) is 8.47. The Morgan fingerprint density at radius 2 is 1.73 bits per heavy atom. The minimum Gasteiger partial charge on any atom is -0.309 e. The van der Waals surface area contributed by atoms with E-state index in [2.05, 4.69) is 15.5 Å². The largest absolute Gasteiger partial charge is 0.309 e. The van der Waals surface area contributed by atoms with Crippen LogP contribution in [0.5, 0.6) is 0 Å². The molecule has 0 spiro atoms. The topological polar surface area (TPSA) is 57.8 Å². The highest BCUT2D eigenvalue weighted by molar-refractivity contribution is 5.91. The monoisotopic (exact) mass is 353 g/mol. The maximum Gasteiger partial charge on any atom is 0.229 e. The van der Waals surface area contributed by atoms with Gasteiger partial charge >= 0.3 is 0 Å². The number of benzene rings is 2. The van der Waals surface area contributed by atoms with E-state index in [0.29, 0.717) is 22.9 Å². The summed E-state index contributed by atoms with van der Waals surface area (Å²) in [7, 11) is 0. The number of nitrogens with zero attached hydrogens (tertiary/aromatic N) is 1. The van der Waals surface area contributed by atoms with Gasteiger partial charge in [-0.25, -0.2) is 8.78 Å². The van der Waals surface area contributed by atoms with Gasteiger partial charge in [-0.05, 0) is 41.7 Å². The molecule has 6 heteroatoms. The molecule has 1 aliphatic rings. The summed E-state index contributed by atoms with van der Waals surface area (Å²) >= 11 is 0. The number of amides is 1. The smallest absolute Gasteiger partial charge is 0.229 e. The van der Waals surface area contributed by atoms with Crippen LogP contribution in [-0.4, -0.2) is 16.1 Å². The zero-order valence-electron chi connectivity index (χ0n) is 13.9. The Labute approximate surface area is 149 Å². The summed E-state index contributed by atoms with van der Waals surface area (Å²) in [6.07, 6.45) is 2.53. The zero-order chi connectivity index (χ0) is 18.1. The lowest BCUT2D eigenvalue weighted by molar-refractivity contribution is -0.115. The molecule has 1 aromatic heterocycles. The molecule has 0 aliphatic heterocycles. The third-order valence-electron chi connectivity index (χ3n) is 4.40. The lowest BCUT2D eigenvalue weighted by atomic mass is 10.0. The summed E-state index contributed by atoms with van der Waals surface area (Å²) in [5.41, 5.74) is 3.02. The summed E-state index contributed by atoms with van der Waals surface area (Å²) < 4.78 is 26.7. The number of nitrogens with one attached hydrogen (secondary N) is 2. The number of hydrogen-bond acceptors (Lipinski definition) is 2. The summed E-state index contributed by atoms with van der Waals surface area (Å²) in [4.78, 5) is 12.2. The van der Waals surface area contributed by atoms with Gasteiger partial charge < -0.3 is 5.32 Å². The number of aromatic nitrogens is 2. The predicted octanol–water partition coefficient (Wildman–Crippen LogP) is 4.41. The number of anilines is 1. The van der Waals surface area contributed by atoms with Crippen LogP contribution in [0.25, 0.3) is 11.1 Å². The highest BCUT2D eigenvalue weighted by atomic mass is 19.1. The van der Waals surface area contributed by atoms with Gasteiger partial charge in [0.05, 0.1) is 6.42 Å². The van der Waals surface area contributed by atoms with Crippen LogP contribution in [0.1, 0.15) is 30.0 Å². The van der Waals surface area contributed by atoms with Crippen LogP contribution >= 0.6 is 0 Å². The zero-order valence-corrected chi connectivity index (χ0v) is 13.9. The Bertz CT molecular complexity index is 926. The Morgan fingerprint density at radius 1 is 1.04 bits per heavy atom. The van der Waals surface area contributed by atoms with Crippen LogP contribution < -0.4 is 5.32 Å². The van der Waals surface area contributed by atoms with E-state index in [4.69, 9.17) is 0 Å². The molecule has 132 valence electrons. The molecule has 0 atom stereocenters. The molecule has 26 heavy (non-hydrogen) atoms. The van der Waals surface area contributed by atoms with Gasteiger partial charge in [-0.15, -0.1) is 0 Å². The number of halogens is 2. The maximum absolute atomic E-state index is 13.3. The van der Waals surface area contributed by atoms with E-state index in [1.165, 1.54) is 12.1 Å². The van der Waals surface area contributed by atoms with Gasteiger partial charge in [0.15, 0.2) is 5.82 Å². The lowest BCUT2D eigenvalue weighted by Crippen LogP contribution is -2.14. The molecule has 0 radical (unpaired) electrons. The molecule has 1 saturated carbocycles. The highest BCUT2D eigenvalue weighted by Gasteiger charge is 2.25. The second-order valence-electron chi connectivity index (χ2n) is 6.56. The minimum atomic E-state index is -0.618. The fourth-order valence-corrected chi connectivity index (χ4v) is 2.91. The van der Waals surface area contributed by atoms with Crippen LogP contribution in [-0.2, 0) is 11.2 Å². The normalized spacial score (nSPS) is 13.6. The lowest BCUT2D eigenvalue weighted by Gasteiger charge is -2.05. The Kier molecular flexibility index (Phi) is 4.24. The van der Waals surface area contributed by atoms with Crippen LogP contribution in [0.15, 0.2) is 48.5 Å². The van der Waals surface area contributed by atoms with Gasteiger partial charge in [0.25, 0.3) is 0 Å². The second kappa shape index (κ2) is 6.71. The van der Waals surface area contributed by atoms with E-state index in [1.54, 1.807) is 24.3 Å². The van der Waals surface area contributed by atoms with E-state index < -0.39 is 11.6 Å². The van der Waals surface area contributed by atoms with Gasteiger partial charge in [-0.1, -0.05) is 24.3 Å². The molecule has 1 fully saturated rings. The first-order valence-electron chi connectivity index (χ1n) is 8.47. The van der Waals surface area contributed by atoms with Crippen LogP contribution in [0.4, 0.5) is 14.6 Å². The van der Waals surface area contributed by atoms with Crippen molar-refractivity contribution in [1.29, 1.82) is 0 Å². The highest BCUT2D eigenvalue weighted by Crippen LogP contribution is 2.39. The summed E-state index contributed by atoms with van der Waals surface area (Å²) in [5, 5.41) is 9.82. The standard InChI is InChI=1S/C20H17F2N3O/c21-16-8-15(9-17(22)10-16)13-3-1-12(2-4-13)7-20(26)23-19-11-18(24-25-19)14-5-6-14/h1-4,8-11,14H,5-7H2,(H2,23,24,25,26). The molecule has 1 amide bonds. The fraction of sp³-hybridized carbons (Fsp3) is 0.200. The van der Waals surface area contributed by atoms with Gasteiger partial charge in [0, 0.05) is 23.7 Å². The number of carbonyl (C=O) groups is 1. The number of H-pyrrole nitrogens is 1. The maximum atomic E-state index is 13.3. The van der Waals surface area contributed by atoms with Gasteiger partial charge in [0.2, 0.25) is 5.91 Å². The van der Waals surface area contributed by atoms with Crippen molar-refractivity contribution in [3.8, 4) is 11.1 Å². The summed E-state index contributed by atoms with van der Waals surface area (Å²) in [6, 6.07) is 12.3. The number of carbonyl (C=O) groups excluding carboxylic acids is 1. The average molecular weight is 353 g/mol. The molecule has 3 aromatic rings. The number of hydrogen-bond donors (Lipinski definition) is 2. The fourth-order valence-electron chi connectivity index (χ4n) is 2.91. The van der Waals surface area contributed by atoms with Crippen molar-refractivity contribution in [3.63, 3.8) is 0 Å². The molecule has 1 aliphatic carbocycles. The number of aromatic amines is 1. The molecule has 0 unspecified atom stereocenters. The van der Waals surface area contributed by atoms with Crippen molar-refractivity contribution in [2.75, 3.05) is 5.32 Å². The number of rotatable bonds is 5. The van der Waals surface area contributed by atoms with Crippen LogP contribution in [0.2, 0.25) is 0 Å². The first-order chi connectivity index (χ1) is 12.6. The summed E-state index contributed by atoms with van der Waals surface area (Å²) in [6.45, 7) is 0. The third kappa shape index (κ3) is 3.79. The van der Waals surface area contributed by atoms with Crippen LogP contribution in [0, 0.1) is 11.6 Å². The molecule has 2 N–H and O–H groups in total. The van der Waals surface area contributed by atoms with Crippen molar-refractivity contribution in [2.24, 2.45) is 0 Å². The van der Waals surface area contributed by atoms with Crippen molar-refractivity contribution in [1.82, 2.24) is 10.2 Å². The quantitative estimate of drug-likeness (QED) is 0.714. The van der Waals surface area contributed by atoms with Crippen LogP contribution in [0.3, 0.4) is 0 Å². The SMILES string of the molecule is O=C(Cc1ccc(-c2cc(F)cc(F)c2)cc1)Nc1cc(C2CC2)[nH]n1. The van der Waals surface area contributed by atoms with E-state index in [1.807, 2.05) is 6.07 Å². The van der Waals surface area contributed by atoms with Gasteiger partial charge in [0.1, 0.15) is 11.6 Å². The van der Waals surface area contributed by atoms with E-state index >= 15 is 0 Å². The summed E-state index contributed by atoms with van der Waals surface area (Å²) in [5.74, 6) is -0.318. The molecule has 4 rings (SSSR count). The first kappa shape index (κ1) is 16.4. The average Bonchev–Trinajstić information content (AvgIpc) is 3.35. The van der Waals surface area contributed by atoms with Crippen molar-refractivity contribution >= 4 is 11.7 Å². The van der Waals surface area contributed by atoms with E-state index in [0.717, 1.165) is 30.2 Å². The molecule has 1 heterocycles. The molecular weight excluding hydrogens is 336 g/mol. The van der Waals surface area contributed by atoms with Crippen molar-refractivity contribution in [3.05, 3.63) is 71.4 Å². The molecule has 4 nitrogen and oxygen atoms in total. The molecule has 0 bridgehead atoms. The van der Waals surface area contributed by atoms with Gasteiger partial charge in [-0.2, -0.15) is 5.10 Å². The van der Waals surface area contributed by atoms with Crippen molar-refractivity contribution < 1.29 is 13.6 Å². The molecule has 0 saturated heterocycles. The minimum absolute atomic E-state index is 0.164. The Morgan fingerprint density at radius 3 is 2.38 bits per heavy atom. The van der Waals surface area contributed by atoms with E-state index in [9.17, 15) is 13.6 Å². The third-order valence-corrected chi connectivity index (χ3v) is 4.40. The Balaban J connectivity index is 1.40. The Hall–Kier alpha value is -3.02. The van der Waals surface area contributed by atoms with Gasteiger partial charge in [-0.3, -0.25) is 9.89 Å². The van der Waals surface area contributed by atoms with Crippen molar-refractivity contribution in [2.45, 2.75) is 25.2 Å². The second-order valence-corrected chi connectivity index (χ2v) is 6.56. The molecular formula is C20H17F2N3O. The molecule has 2 aromatic carbocycles. The van der Waals surface area contributed by atoms with E-state index in [-0.39, 0.29) is 12.3 Å².